The Labute approximate surface area is 169 Å². The third-order valence-corrected chi connectivity index (χ3v) is 4.84. The number of carbonyl (C=O) groups excluding carboxylic acids is 2. The number of halogens is 1. The molecule has 1 aliphatic rings. The fourth-order valence-electron chi connectivity index (χ4n) is 3.24. The minimum Gasteiger partial charge on any atom is -0.385 e. The molecule has 0 aliphatic carbocycles. The van der Waals surface area contributed by atoms with Crippen molar-refractivity contribution < 1.29 is 18.7 Å². The van der Waals surface area contributed by atoms with Gasteiger partial charge in [-0.3, -0.25) is 19.1 Å². The predicted octanol–water partition coefficient (Wildman–Crippen LogP) is 0.922. The average Bonchev–Trinajstić information content (AvgIpc) is 3.22. The van der Waals surface area contributed by atoms with Crippen molar-refractivity contribution in [3.63, 3.8) is 0 Å². The van der Waals surface area contributed by atoms with Crippen LogP contribution in [-0.2, 0) is 9.53 Å². The molecule has 2 heterocycles. The second-order valence-electron chi connectivity index (χ2n) is 6.89. The highest BCUT2D eigenvalue weighted by Gasteiger charge is 2.25. The molecule has 0 saturated carbocycles. The van der Waals surface area contributed by atoms with Crippen LogP contribution >= 0.6 is 0 Å². The molecule has 2 amide bonds. The summed E-state index contributed by atoms with van der Waals surface area (Å²) < 4.78 is 19.8. The van der Waals surface area contributed by atoms with Crippen molar-refractivity contribution in [1.29, 1.82) is 0 Å². The number of amides is 2. The number of imidazole rings is 1. The molecular weight excluding hydrogens is 377 g/mol. The first-order valence-electron chi connectivity index (χ1n) is 9.64. The predicted molar refractivity (Wildman–Crippen MR) is 105 cm³/mol. The van der Waals surface area contributed by atoms with Gasteiger partial charge in [0.25, 0.3) is 5.91 Å². The Bertz CT molecular complexity index is 816. The number of carbonyl (C=O) groups is 2. The Kier molecular flexibility index (Phi) is 7.31. The molecule has 3 rings (SSSR count). The summed E-state index contributed by atoms with van der Waals surface area (Å²) in [5.74, 6) is -0.480. The lowest BCUT2D eigenvalue weighted by Crippen LogP contribution is -2.51. The smallest absolute Gasteiger partial charge is 0.272 e. The van der Waals surface area contributed by atoms with Crippen molar-refractivity contribution in [2.24, 2.45) is 0 Å². The maximum Gasteiger partial charge on any atom is 0.272 e. The summed E-state index contributed by atoms with van der Waals surface area (Å²) in [7, 11) is 1.63. The Morgan fingerprint density at radius 3 is 2.59 bits per heavy atom. The van der Waals surface area contributed by atoms with E-state index in [9.17, 15) is 14.0 Å². The van der Waals surface area contributed by atoms with Gasteiger partial charge in [-0.15, -0.1) is 0 Å². The zero-order valence-corrected chi connectivity index (χ0v) is 16.5. The van der Waals surface area contributed by atoms with Crippen LogP contribution in [0, 0.1) is 5.82 Å². The van der Waals surface area contributed by atoms with Crippen LogP contribution in [0.3, 0.4) is 0 Å². The quantitative estimate of drug-likeness (QED) is 0.663. The molecule has 1 aliphatic heterocycles. The number of ether oxygens (including phenoxy) is 1. The monoisotopic (exact) mass is 403 g/mol. The number of nitrogens with one attached hydrogen (secondary N) is 1. The highest BCUT2D eigenvalue weighted by atomic mass is 19.1. The number of hydrogen-bond acceptors (Lipinski definition) is 5. The molecule has 156 valence electrons. The Hall–Kier alpha value is -2.78. The first-order chi connectivity index (χ1) is 14.1. The van der Waals surface area contributed by atoms with Crippen molar-refractivity contribution in [2.75, 3.05) is 53.0 Å². The standard InChI is InChI=1S/C20H26FN5O3/c1-29-12-2-7-23-19(27)14-24-8-10-25(11-9-24)20(28)18-13-22-15-26(18)17-5-3-16(21)4-6-17/h3-6,13,15H,2,7-12,14H2,1H3,(H,23,27). The fraction of sp³-hybridized carbons (Fsp3) is 0.450. The zero-order valence-electron chi connectivity index (χ0n) is 16.5. The lowest BCUT2D eigenvalue weighted by molar-refractivity contribution is -0.122. The van der Waals surface area contributed by atoms with E-state index in [0.29, 0.717) is 57.3 Å². The number of benzene rings is 1. The Balaban J connectivity index is 1.51. The molecule has 0 bridgehead atoms. The third kappa shape index (κ3) is 5.61. The second-order valence-corrected chi connectivity index (χ2v) is 6.89. The van der Waals surface area contributed by atoms with E-state index in [-0.39, 0.29) is 17.6 Å². The van der Waals surface area contributed by atoms with Crippen molar-refractivity contribution in [3.05, 3.63) is 48.3 Å². The van der Waals surface area contributed by atoms with Crippen LogP contribution in [0.2, 0.25) is 0 Å². The maximum absolute atomic E-state index is 13.2. The first-order valence-corrected chi connectivity index (χ1v) is 9.64. The number of methoxy groups -OCH3 is 1. The molecule has 1 N–H and O–H groups in total. The molecule has 0 radical (unpaired) electrons. The van der Waals surface area contributed by atoms with Crippen LogP contribution < -0.4 is 5.32 Å². The summed E-state index contributed by atoms with van der Waals surface area (Å²) in [5.41, 5.74) is 1.11. The largest absolute Gasteiger partial charge is 0.385 e. The number of aromatic nitrogens is 2. The SMILES string of the molecule is COCCCNC(=O)CN1CCN(C(=O)c2cncn2-c2ccc(F)cc2)CC1. The van der Waals surface area contributed by atoms with Gasteiger partial charge in [-0.1, -0.05) is 0 Å². The van der Waals surface area contributed by atoms with E-state index in [4.69, 9.17) is 4.74 Å². The molecule has 2 aromatic rings. The molecule has 0 unspecified atom stereocenters. The minimum atomic E-state index is -0.333. The molecule has 0 atom stereocenters. The number of nitrogens with zero attached hydrogens (tertiary/aromatic N) is 4. The molecule has 1 saturated heterocycles. The minimum absolute atomic E-state index is 0.0183. The van der Waals surface area contributed by atoms with Crippen molar-refractivity contribution in [1.82, 2.24) is 24.7 Å². The number of piperazine rings is 1. The van der Waals surface area contributed by atoms with Gasteiger partial charge >= 0.3 is 0 Å². The summed E-state index contributed by atoms with van der Waals surface area (Å²) in [6.45, 7) is 3.86. The first kappa shape index (κ1) is 20.9. The van der Waals surface area contributed by atoms with E-state index >= 15 is 0 Å². The summed E-state index contributed by atoms with van der Waals surface area (Å²) >= 11 is 0. The van der Waals surface area contributed by atoms with Crippen molar-refractivity contribution in [2.45, 2.75) is 6.42 Å². The molecule has 9 heteroatoms. The van der Waals surface area contributed by atoms with Crippen LogP contribution in [0.15, 0.2) is 36.8 Å². The third-order valence-electron chi connectivity index (χ3n) is 4.84. The summed E-state index contributed by atoms with van der Waals surface area (Å²) in [5, 5.41) is 2.87. The van der Waals surface area contributed by atoms with Gasteiger partial charge in [0, 0.05) is 52.1 Å². The second kappa shape index (κ2) is 10.1. The van der Waals surface area contributed by atoms with E-state index < -0.39 is 0 Å². The van der Waals surface area contributed by atoms with Crippen LogP contribution in [0.25, 0.3) is 5.69 Å². The van der Waals surface area contributed by atoms with Crippen LogP contribution in [0.1, 0.15) is 16.9 Å². The average molecular weight is 403 g/mol. The maximum atomic E-state index is 13.2. The molecular formula is C20H26FN5O3. The Morgan fingerprint density at radius 2 is 1.90 bits per heavy atom. The zero-order chi connectivity index (χ0) is 20.6. The molecule has 1 aromatic heterocycles. The van der Waals surface area contributed by atoms with Crippen LogP contribution in [-0.4, -0.2) is 84.2 Å². The molecule has 0 spiro atoms. The highest BCUT2D eigenvalue weighted by molar-refractivity contribution is 5.93. The Morgan fingerprint density at radius 1 is 1.17 bits per heavy atom. The van der Waals surface area contributed by atoms with Gasteiger partial charge in [-0.2, -0.15) is 0 Å². The number of rotatable bonds is 8. The van der Waals surface area contributed by atoms with Gasteiger partial charge in [-0.05, 0) is 30.7 Å². The van der Waals surface area contributed by atoms with Gasteiger partial charge in [0.2, 0.25) is 5.91 Å². The van der Waals surface area contributed by atoms with Crippen molar-refractivity contribution in [3.8, 4) is 5.69 Å². The van der Waals surface area contributed by atoms with Gasteiger partial charge in [0.1, 0.15) is 11.5 Å². The van der Waals surface area contributed by atoms with Crippen LogP contribution in [0.4, 0.5) is 4.39 Å². The van der Waals surface area contributed by atoms with Gasteiger partial charge in [0.15, 0.2) is 0 Å². The lowest BCUT2D eigenvalue weighted by Gasteiger charge is -2.34. The number of hydrogen-bond donors (Lipinski definition) is 1. The van der Waals surface area contributed by atoms with Gasteiger partial charge in [-0.25, -0.2) is 9.37 Å². The van der Waals surface area contributed by atoms with Gasteiger partial charge < -0.3 is 15.0 Å². The fourth-order valence-corrected chi connectivity index (χ4v) is 3.24. The molecule has 8 nitrogen and oxygen atoms in total. The molecule has 1 aromatic carbocycles. The summed E-state index contributed by atoms with van der Waals surface area (Å²) in [4.78, 5) is 32.8. The van der Waals surface area contributed by atoms with E-state index in [1.165, 1.54) is 18.3 Å². The van der Waals surface area contributed by atoms with E-state index in [1.807, 2.05) is 4.90 Å². The highest BCUT2D eigenvalue weighted by Crippen LogP contribution is 2.15. The van der Waals surface area contributed by atoms with Gasteiger partial charge in [0.05, 0.1) is 19.1 Å². The lowest BCUT2D eigenvalue weighted by atomic mass is 10.2. The van der Waals surface area contributed by atoms with E-state index in [1.54, 1.807) is 35.0 Å². The van der Waals surface area contributed by atoms with E-state index in [0.717, 1.165) is 6.42 Å². The summed E-state index contributed by atoms with van der Waals surface area (Å²) in [6, 6.07) is 5.92. The van der Waals surface area contributed by atoms with Crippen LogP contribution in [0.5, 0.6) is 0 Å². The van der Waals surface area contributed by atoms with Crippen molar-refractivity contribution >= 4 is 11.8 Å². The topological polar surface area (TPSA) is 79.7 Å². The normalized spacial score (nSPS) is 14.8. The molecule has 1 fully saturated rings. The van der Waals surface area contributed by atoms with E-state index in [2.05, 4.69) is 10.3 Å². The summed E-state index contributed by atoms with van der Waals surface area (Å²) in [6.07, 6.45) is 3.85. The molecule has 29 heavy (non-hydrogen) atoms.